The van der Waals surface area contributed by atoms with E-state index in [0.29, 0.717) is 6.54 Å². The van der Waals surface area contributed by atoms with Crippen LogP contribution < -0.4 is 10.6 Å². The van der Waals surface area contributed by atoms with Crippen molar-refractivity contribution in [2.45, 2.75) is 19.9 Å². The van der Waals surface area contributed by atoms with E-state index in [9.17, 15) is 0 Å². The second kappa shape index (κ2) is 11.1. The van der Waals surface area contributed by atoms with Crippen LogP contribution in [0.4, 0.5) is 0 Å². The first-order valence-electron chi connectivity index (χ1n) is 7.44. The molecule has 0 aromatic carbocycles. The number of H-pyrrole nitrogens is 1. The minimum Gasteiger partial charge on any atom is -0.385 e. The molecule has 0 saturated carbocycles. The molecule has 0 unspecified atom stereocenters. The Morgan fingerprint density at radius 2 is 2.29 bits per heavy atom. The third kappa shape index (κ3) is 8.31. The number of ether oxygens (including phenoxy) is 1. The fourth-order valence-electron chi connectivity index (χ4n) is 1.83. The number of aliphatic imine (C=N–C) groups is 1. The van der Waals surface area contributed by atoms with Gasteiger partial charge < -0.3 is 20.3 Å². The number of methoxy groups -OCH3 is 1. The molecule has 0 atom stereocenters. The van der Waals surface area contributed by atoms with Crippen LogP contribution in [0.3, 0.4) is 0 Å². The van der Waals surface area contributed by atoms with Gasteiger partial charge in [-0.2, -0.15) is 5.10 Å². The normalized spacial score (nSPS) is 11.9. The maximum atomic E-state index is 5.05. The first-order valence-corrected chi connectivity index (χ1v) is 7.44. The Kier molecular flexibility index (Phi) is 9.23. The Hall–Kier alpha value is -1.60. The summed E-state index contributed by atoms with van der Waals surface area (Å²) in [6, 6.07) is 1.93. The van der Waals surface area contributed by atoms with Crippen LogP contribution in [0.5, 0.6) is 0 Å². The molecule has 0 aliphatic heterocycles. The number of likely N-dealkylation sites (N-methyl/N-ethyl adjacent to an activating group) is 1. The van der Waals surface area contributed by atoms with Gasteiger partial charge in [-0.3, -0.25) is 5.10 Å². The topological polar surface area (TPSA) is 77.6 Å². The van der Waals surface area contributed by atoms with Crippen molar-refractivity contribution in [3.05, 3.63) is 18.0 Å². The Morgan fingerprint density at radius 1 is 1.43 bits per heavy atom. The highest BCUT2D eigenvalue weighted by molar-refractivity contribution is 5.79. The van der Waals surface area contributed by atoms with E-state index in [4.69, 9.17) is 4.74 Å². The van der Waals surface area contributed by atoms with Gasteiger partial charge >= 0.3 is 0 Å². The van der Waals surface area contributed by atoms with Crippen molar-refractivity contribution in [1.29, 1.82) is 0 Å². The molecule has 120 valence electrons. The minimum atomic E-state index is 0.596. The lowest BCUT2D eigenvalue weighted by Gasteiger charge is -2.18. The Morgan fingerprint density at radius 3 is 2.95 bits per heavy atom. The summed E-state index contributed by atoms with van der Waals surface area (Å²) in [4.78, 5) is 6.80. The molecule has 0 spiro atoms. The summed E-state index contributed by atoms with van der Waals surface area (Å²) in [5, 5.41) is 13.4. The molecule has 0 saturated heterocycles. The summed E-state index contributed by atoms with van der Waals surface area (Å²) in [7, 11) is 3.85. The van der Waals surface area contributed by atoms with Crippen LogP contribution in [0.25, 0.3) is 0 Å². The van der Waals surface area contributed by atoms with Gasteiger partial charge in [-0.1, -0.05) is 0 Å². The zero-order valence-corrected chi connectivity index (χ0v) is 13.4. The van der Waals surface area contributed by atoms with E-state index in [1.54, 1.807) is 13.3 Å². The van der Waals surface area contributed by atoms with E-state index in [1.165, 1.54) is 0 Å². The predicted octanol–water partition coefficient (Wildman–Crippen LogP) is 0.433. The first-order chi connectivity index (χ1) is 10.3. The first kappa shape index (κ1) is 17.5. The maximum absolute atomic E-state index is 5.05. The van der Waals surface area contributed by atoms with E-state index in [2.05, 4.69) is 44.7 Å². The molecule has 0 bridgehead atoms. The molecule has 21 heavy (non-hydrogen) atoms. The van der Waals surface area contributed by atoms with Crippen molar-refractivity contribution in [3.63, 3.8) is 0 Å². The standard InChI is InChI=1S/C14H28N6O/c1-4-15-14(17-12-13-6-7-18-19-13)16-8-10-20(2)9-5-11-21-3/h6-7H,4-5,8-12H2,1-3H3,(H,18,19)(H2,15,16,17). The number of guanidine groups is 1. The van der Waals surface area contributed by atoms with Crippen molar-refractivity contribution in [1.82, 2.24) is 25.7 Å². The molecule has 1 aromatic rings. The number of hydrogen-bond donors (Lipinski definition) is 3. The lowest BCUT2D eigenvalue weighted by atomic mass is 10.4. The van der Waals surface area contributed by atoms with Gasteiger partial charge in [0.25, 0.3) is 0 Å². The molecular weight excluding hydrogens is 268 g/mol. The van der Waals surface area contributed by atoms with Crippen LogP contribution in [0.1, 0.15) is 19.0 Å². The summed E-state index contributed by atoms with van der Waals surface area (Å²) in [5.74, 6) is 0.831. The lowest BCUT2D eigenvalue weighted by molar-refractivity contribution is 0.180. The van der Waals surface area contributed by atoms with Crippen molar-refractivity contribution >= 4 is 5.96 Å². The Labute approximate surface area is 127 Å². The summed E-state index contributed by atoms with van der Waals surface area (Å²) >= 11 is 0. The molecule has 0 aliphatic rings. The van der Waals surface area contributed by atoms with Crippen molar-refractivity contribution in [2.75, 3.05) is 46.9 Å². The van der Waals surface area contributed by atoms with Gasteiger partial charge in [0.1, 0.15) is 0 Å². The van der Waals surface area contributed by atoms with Crippen LogP contribution >= 0.6 is 0 Å². The summed E-state index contributed by atoms with van der Waals surface area (Å²) in [5.41, 5.74) is 1.00. The number of rotatable bonds is 10. The minimum absolute atomic E-state index is 0.596. The summed E-state index contributed by atoms with van der Waals surface area (Å²) < 4.78 is 5.05. The smallest absolute Gasteiger partial charge is 0.191 e. The highest BCUT2D eigenvalue weighted by Gasteiger charge is 2.01. The predicted molar refractivity (Wildman–Crippen MR) is 85.4 cm³/mol. The van der Waals surface area contributed by atoms with Crippen molar-refractivity contribution < 1.29 is 4.74 Å². The molecule has 1 heterocycles. The molecule has 0 radical (unpaired) electrons. The molecular formula is C14H28N6O. The molecule has 0 aliphatic carbocycles. The molecule has 1 rings (SSSR count). The zero-order valence-electron chi connectivity index (χ0n) is 13.4. The van der Waals surface area contributed by atoms with Gasteiger partial charge in [-0.05, 0) is 26.5 Å². The molecule has 0 amide bonds. The van der Waals surface area contributed by atoms with Crippen LogP contribution in [-0.4, -0.2) is 68.0 Å². The quantitative estimate of drug-likeness (QED) is 0.332. The van der Waals surface area contributed by atoms with E-state index in [1.807, 2.05) is 6.07 Å². The number of hydrogen-bond acceptors (Lipinski definition) is 4. The summed E-state index contributed by atoms with van der Waals surface area (Å²) in [6.07, 6.45) is 2.79. The van der Waals surface area contributed by atoms with E-state index < -0.39 is 0 Å². The van der Waals surface area contributed by atoms with Gasteiger partial charge in [0, 0.05) is 46.1 Å². The Balaban J connectivity index is 2.25. The second-order valence-electron chi connectivity index (χ2n) is 4.85. The van der Waals surface area contributed by atoms with Crippen LogP contribution in [-0.2, 0) is 11.3 Å². The van der Waals surface area contributed by atoms with Gasteiger partial charge in [-0.15, -0.1) is 0 Å². The van der Waals surface area contributed by atoms with Gasteiger partial charge in [0.15, 0.2) is 5.96 Å². The maximum Gasteiger partial charge on any atom is 0.191 e. The van der Waals surface area contributed by atoms with E-state index in [-0.39, 0.29) is 0 Å². The third-order valence-corrected chi connectivity index (χ3v) is 2.98. The number of aromatic nitrogens is 2. The highest BCUT2D eigenvalue weighted by Crippen LogP contribution is 1.93. The number of nitrogens with one attached hydrogen (secondary N) is 3. The third-order valence-electron chi connectivity index (χ3n) is 2.98. The Bertz CT molecular complexity index is 379. The van der Waals surface area contributed by atoms with Crippen LogP contribution in [0.2, 0.25) is 0 Å². The van der Waals surface area contributed by atoms with Crippen LogP contribution in [0.15, 0.2) is 17.3 Å². The van der Waals surface area contributed by atoms with Crippen molar-refractivity contribution in [2.24, 2.45) is 4.99 Å². The van der Waals surface area contributed by atoms with Crippen molar-refractivity contribution in [3.8, 4) is 0 Å². The van der Waals surface area contributed by atoms with Gasteiger partial charge in [0.05, 0.1) is 12.2 Å². The van der Waals surface area contributed by atoms with E-state index in [0.717, 1.165) is 50.9 Å². The molecule has 7 nitrogen and oxygen atoms in total. The second-order valence-corrected chi connectivity index (χ2v) is 4.85. The zero-order chi connectivity index (χ0) is 15.3. The molecule has 3 N–H and O–H groups in total. The van der Waals surface area contributed by atoms with Crippen LogP contribution in [0, 0.1) is 0 Å². The molecule has 7 heteroatoms. The average molecular weight is 296 g/mol. The van der Waals surface area contributed by atoms with Gasteiger partial charge in [-0.25, -0.2) is 4.99 Å². The largest absolute Gasteiger partial charge is 0.385 e. The molecule has 1 aromatic heterocycles. The number of aromatic amines is 1. The number of nitrogens with zero attached hydrogens (tertiary/aromatic N) is 3. The van der Waals surface area contributed by atoms with Gasteiger partial charge in [0.2, 0.25) is 0 Å². The monoisotopic (exact) mass is 296 g/mol. The van der Waals surface area contributed by atoms with E-state index >= 15 is 0 Å². The summed E-state index contributed by atoms with van der Waals surface area (Å²) in [6.45, 7) is 7.18. The fraction of sp³-hybridized carbons (Fsp3) is 0.714. The average Bonchev–Trinajstić information content (AvgIpc) is 2.98. The lowest BCUT2D eigenvalue weighted by Crippen LogP contribution is -2.41. The molecule has 0 fully saturated rings. The highest BCUT2D eigenvalue weighted by atomic mass is 16.5. The fourth-order valence-corrected chi connectivity index (χ4v) is 1.83. The SMILES string of the molecule is CCNC(=NCc1ccn[nH]1)NCCN(C)CCCOC.